The summed E-state index contributed by atoms with van der Waals surface area (Å²) in [4.78, 5) is 26.9. The fourth-order valence-corrected chi connectivity index (χ4v) is 5.22. The minimum Gasteiger partial charge on any atom is -0.508 e. The SMILES string of the molecule is O=C(COC(=O)c1ccc(O)cc1)Nc1cc(S(=O)(=O)N2CCOCC2)ccc1N1CCOCC1. The fourth-order valence-electron chi connectivity index (χ4n) is 3.79. The van der Waals surface area contributed by atoms with Gasteiger partial charge in [-0.1, -0.05) is 0 Å². The first-order valence-electron chi connectivity index (χ1n) is 11.2. The molecule has 2 saturated heterocycles. The number of ether oxygens (including phenoxy) is 3. The summed E-state index contributed by atoms with van der Waals surface area (Å²) in [6.07, 6.45) is 0. The maximum atomic E-state index is 13.1. The van der Waals surface area contributed by atoms with Gasteiger partial charge in [-0.15, -0.1) is 0 Å². The number of morpholine rings is 2. The van der Waals surface area contributed by atoms with Crippen LogP contribution in [-0.4, -0.2) is 88.9 Å². The summed E-state index contributed by atoms with van der Waals surface area (Å²) in [5.41, 5.74) is 1.13. The molecule has 2 aromatic rings. The van der Waals surface area contributed by atoms with Crippen molar-refractivity contribution in [2.75, 3.05) is 69.4 Å². The Morgan fingerprint density at radius 2 is 1.57 bits per heavy atom. The van der Waals surface area contributed by atoms with Gasteiger partial charge in [0.05, 0.1) is 48.3 Å². The minimum atomic E-state index is -3.78. The first kappa shape index (κ1) is 24.9. The molecular weight excluding hydrogens is 478 g/mol. The summed E-state index contributed by atoms with van der Waals surface area (Å²) in [5.74, 6) is -1.34. The van der Waals surface area contributed by atoms with Crippen LogP contribution in [0.15, 0.2) is 47.4 Å². The Hall–Kier alpha value is -3.19. The number of benzene rings is 2. The Labute approximate surface area is 203 Å². The van der Waals surface area contributed by atoms with E-state index in [1.165, 1.54) is 40.7 Å². The van der Waals surface area contributed by atoms with E-state index in [1.807, 2.05) is 4.90 Å². The maximum absolute atomic E-state index is 13.1. The van der Waals surface area contributed by atoms with Crippen molar-refractivity contribution in [3.8, 4) is 5.75 Å². The van der Waals surface area contributed by atoms with Crippen LogP contribution in [0, 0.1) is 0 Å². The molecule has 0 spiro atoms. The summed E-state index contributed by atoms with van der Waals surface area (Å²) >= 11 is 0. The number of aromatic hydroxyl groups is 1. The summed E-state index contributed by atoms with van der Waals surface area (Å²) in [6, 6.07) is 10.1. The first-order valence-corrected chi connectivity index (χ1v) is 12.6. The molecule has 4 rings (SSSR count). The number of carbonyl (C=O) groups is 2. The molecule has 0 bridgehead atoms. The summed E-state index contributed by atoms with van der Waals surface area (Å²) < 4.78 is 43.4. The van der Waals surface area contributed by atoms with E-state index in [-0.39, 0.29) is 29.3 Å². The van der Waals surface area contributed by atoms with Gasteiger partial charge in [-0.25, -0.2) is 13.2 Å². The van der Waals surface area contributed by atoms with Crippen molar-refractivity contribution in [3.63, 3.8) is 0 Å². The largest absolute Gasteiger partial charge is 0.508 e. The molecule has 2 N–H and O–H groups in total. The number of phenols is 1. The predicted octanol–water partition coefficient (Wildman–Crippen LogP) is 1.05. The lowest BCUT2D eigenvalue weighted by Crippen LogP contribution is -2.40. The van der Waals surface area contributed by atoms with Crippen LogP contribution < -0.4 is 10.2 Å². The monoisotopic (exact) mass is 505 g/mol. The molecule has 35 heavy (non-hydrogen) atoms. The predicted molar refractivity (Wildman–Crippen MR) is 126 cm³/mol. The molecule has 2 aliphatic heterocycles. The summed E-state index contributed by atoms with van der Waals surface area (Å²) in [6.45, 7) is 2.75. The van der Waals surface area contributed by atoms with E-state index in [1.54, 1.807) is 6.07 Å². The van der Waals surface area contributed by atoms with Crippen molar-refractivity contribution in [2.24, 2.45) is 0 Å². The molecule has 2 fully saturated rings. The average molecular weight is 506 g/mol. The number of hydrogen-bond donors (Lipinski definition) is 2. The molecule has 11 nitrogen and oxygen atoms in total. The van der Waals surface area contributed by atoms with Crippen molar-refractivity contribution < 1.29 is 37.3 Å². The standard InChI is InChI=1S/C23H27N3O8S/c27-18-3-1-17(2-4-18)23(29)34-16-22(28)24-20-15-19(35(30,31)26-9-13-33-14-10-26)5-6-21(20)25-7-11-32-12-8-25/h1-6,15,27H,7-14,16H2,(H,24,28). The number of nitrogens with one attached hydrogen (secondary N) is 1. The molecule has 0 saturated carbocycles. The van der Waals surface area contributed by atoms with Crippen LogP contribution in [0.3, 0.4) is 0 Å². The van der Waals surface area contributed by atoms with Gasteiger partial charge < -0.3 is 29.5 Å². The number of nitrogens with zero attached hydrogens (tertiary/aromatic N) is 2. The molecule has 188 valence electrons. The summed E-state index contributed by atoms with van der Waals surface area (Å²) in [5, 5.41) is 12.0. The second-order valence-corrected chi connectivity index (χ2v) is 9.90. The number of carbonyl (C=O) groups excluding carboxylic acids is 2. The highest BCUT2D eigenvalue weighted by atomic mass is 32.2. The van der Waals surface area contributed by atoms with Gasteiger partial charge in [0.25, 0.3) is 5.91 Å². The van der Waals surface area contributed by atoms with Crippen LogP contribution in [0.25, 0.3) is 0 Å². The molecular formula is C23H27N3O8S. The second-order valence-electron chi connectivity index (χ2n) is 7.97. The van der Waals surface area contributed by atoms with Gasteiger partial charge in [-0.2, -0.15) is 4.31 Å². The molecule has 2 aliphatic rings. The molecule has 0 aliphatic carbocycles. The van der Waals surface area contributed by atoms with Crippen LogP contribution in [0.5, 0.6) is 5.75 Å². The van der Waals surface area contributed by atoms with Gasteiger partial charge in [0.2, 0.25) is 10.0 Å². The molecule has 1 amide bonds. The zero-order valence-corrected chi connectivity index (χ0v) is 19.8. The third kappa shape index (κ3) is 6.09. The van der Waals surface area contributed by atoms with E-state index in [2.05, 4.69) is 5.32 Å². The third-order valence-electron chi connectivity index (χ3n) is 5.64. The number of hydrogen-bond acceptors (Lipinski definition) is 9. The van der Waals surface area contributed by atoms with Gasteiger partial charge in [0.1, 0.15) is 5.75 Å². The van der Waals surface area contributed by atoms with E-state index < -0.39 is 28.5 Å². The van der Waals surface area contributed by atoms with Gasteiger partial charge >= 0.3 is 5.97 Å². The highest BCUT2D eigenvalue weighted by Gasteiger charge is 2.28. The molecule has 12 heteroatoms. The quantitative estimate of drug-likeness (QED) is 0.529. The van der Waals surface area contributed by atoms with E-state index in [0.717, 1.165) is 0 Å². The van der Waals surface area contributed by atoms with Crippen LogP contribution in [-0.2, 0) is 29.0 Å². The van der Waals surface area contributed by atoms with Crippen LogP contribution in [0.4, 0.5) is 11.4 Å². The number of sulfonamides is 1. The number of rotatable bonds is 7. The highest BCUT2D eigenvalue weighted by molar-refractivity contribution is 7.89. The lowest BCUT2D eigenvalue weighted by Gasteiger charge is -2.31. The van der Waals surface area contributed by atoms with Gasteiger partial charge in [-0.3, -0.25) is 4.79 Å². The number of anilines is 2. The smallest absolute Gasteiger partial charge is 0.338 e. The van der Waals surface area contributed by atoms with Gasteiger partial charge in [0.15, 0.2) is 6.61 Å². The lowest BCUT2D eigenvalue weighted by molar-refractivity contribution is -0.119. The Bertz CT molecular complexity index is 1160. The van der Waals surface area contributed by atoms with E-state index in [0.29, 0.717) is 50.9 Å². The molecule has 0 unspecified atom stereocenters. The first-order chi connectivity index (χ1) is 16.8. The topological polar surface area (TPSA) is 135 Å². The Balaban J connectivity index is 1.52. The van der Waals surface area contributed by atoms with Gasteiger partial charge in [-0.05, 0) is 42.5 Å². The molecule has 2 heterocycles. The average Bonchev–Trinajstić information content (AvgIpc) is 2.88. The Morgan fingerprint density at radius 1 is 0.943 bits per heavy atom. The molecule has 0 radical (unpaired) electrons. The van der Waals surface area contributed by atoms with Gasteiger partial charge in [0, 0.05) is 26.2 Å². The van der Waals surface area contributed by atoms with Crippen LogP contribution >= 0.6 is 0 Å². The third-order valence-corrected chi connectivity index (χ3v) is 7.53. The highest BCUT2D eigenvalue weighted by Crippen LogP contribution is 2.31. The zero-order valence-electron chi connectivity index (χ0n) is 19.0. The van der Waals surface area contributed by atoms with Crippen molar-refractivity contribution in [1.29, 1.82) is 0 Å². The minimum absolute atomic E-state index is 0.00171. The number of amides is 1. The van der Waals surface area contributed by atoms with E-state index in [9.17, 15) is 23.1 Å². The van der Waals surface area contributed by atoms with Crippen molar-refractivity contribution in [3.05, 3.63) is 48.0 Å². The number of phenolic OH excluding ortho intramolecular Hbond substituents is 1. The van der Waals surface area contributed by atoms with Crippen LogP contribution in [0.2, 0.25) is 0 Å². The van der Waals surface area contributed by atoms with Crippen molar-refractivity contribution in [1.82, 2.24) is 4.31 Å². The van der Waals surface area contributed by atoms with Crippen molar-refractivity contribution in [2.45, 2.75) is 4.90 Å². The lowest BCUT2D eigenvalue weighted by atomic mass is 10.2. The maximum Gasteiger partial charge on any atom is 0.338 e. The molecule has 2 aromatic carbocycles. The van der Waals surface area contributed by atoms with E-state index in [4.69, 9.17) is 14.2 Å². The van der Waals surface area contributed by atoms with Crippen LogP contribution in [0.1, 0.15) is 10.4 Å². The van der Waals surface area contributed by atoms with E-state index >= 15 is 0 Å². The molecule has 0 aromatic heterocycles. The number of esters is 1. The zero-order chi connectivity index (χ0) is 24.8. The van der Waals surface area contributed by atoms with Crippen molar-refractivity contribution >= 4 is 33.3 Å². The Kier molecular flexibility index (Phi) is 7.86. The second kappa shape index (κ2) is 11.0. The Morgan fingerprint density at radius 3 is 2.23 bits per heavy atom. The molecule has 0 atom stereocenters. The fraction of sp³-hybridized carbons (Fsp3) is 0.391. The summed E-state index contributed by atoms with van der Waals surface area (Å²) in [7, 11) is -3.78. The normalized spacial score (nSPS) is 17.1.